The van der Waals surface area contributed by atoms with Crippen molar-refractivity contribution >= 4 is 0 Å². The van der Waals surface area contributed by atoms with Gasteiger partial charge in [0.05, 0.1) is 14.2 Å². The van der Waals surface area contributed by atoms with E-state index in [2.05, 4.69) is 24.5 Å². The van der Waals surface area contributed by atoms with Crippen LogP contribution in [0.2, 0.25) is 0 Å². The Morgan fingerprint density at radius 1 is 1.00 bits per heavy atom. The summed E-state index contributed by atoms with van der Waals surface area (Å²) < 4.78 is 10.9. The molecule has 5 unspecified atom stereocenters. The van der Waals surface area contributed by atoms with Crippen LogP contribution in [0.5, 0.6) is 11.5 Å². The lowest BCUT2D eigenvalue weighted by Gasteiger charge is -2.21. The Hall–Kier alpha value is -1.22. The number of benzene rings is 1. The van der Waals surface area contributed by atoms with Crippen LogP contribution < -0.4 is 14.8 Å². The van der Waals surface area contributed by atoms with E-state index in [0.29, 0.717) is 6.04 Å². The second-order valence-electron chi connectivity index (χ2n) is 6.98. The van der Waals surface area contributed by atoms with E-state index < -0.39 is 0 Å². The fraction of sp³-hybridized carbons (Fsp3) is 0.667. The minimum absolute atomic E-state index is 0.437. The molecule has 0 heterocycles. The van der Waals surface area contributed by atoms with Crippen LogP contribution in [0.1, 0.15) is 30.9 Å². The van der Waals surface area contributed by atoms with Crippen LogP contribution in [0.4, 0.5) is 0 Å². The van der Waals surface area contributed by atoms with E-state index in [1.807, 2.05) is 6.07 Å². The van der Waals surface area contributed by atoms with Gasteiger partial charge in [-0.05, 0) is 73.6 Å². The van der Waals surface area contributed by atoms with Crippen LogP contribution in [-0.2, 0) is 0 Å². The highest BCUT2D eigenvalue weighted by atomic mass is 16.5. The number of nitrogens with one attached hydrogen (secondary N) is 1. The van der Waals surface area contributed by atoms with Gasteiger partial charge in [-0.3, -0.25) is 0 Å². The summed E-state index contributed by atoms with van der Waals surface area (Å²) in [5, 5.41) is 3.57. The molecule has 1 aromatic rings. The predicted octanol–water partition coefficient (Wildman–Crippen LogP) is 3.26. The number of hydrogen-bond donors (Lipinski definition) is 1. The van der Waals surface area contributed by atoms with Crippen molar-refractivity contribution in [2.45, 2.75) is 25.3 Å². The molecule has 0 saturated heterocycles. The fourth-order valence-corrected chi connectivity index (χ4v) is 5.43. The highest BCUT2D eigenvalue weighted by Gasteiger charge is 2.66. The van der Waals surface area contributed by atoms with E-state index >= 15 is 0 Å². The van der Waals surface area contributed by atoms with Gasteiger partial charge in [-0.25, -0.2) is 0 Å². The summed E-state index contributed by atoms with van der Waals surface area (Å²) in [6.45, 7) is 0. The number of ether oxygens (including phenoxy) is 2. The van der Waals surface area contributed by atoms with Crippen molar-refractivity contribution < 1.29 is 9.47 Å². The molecular formula is C18H25NO2. The van der Waals surface area contributed by atoms with Gasteiger partial charge in [-0.1, -0.05) is 0 Å². The molecule has 1 N–H and O–H groups in total. The van der Waals surface area contributed by atoms with Crippen LogP contribution in [0.15, 0.2) is 18.2 Å². The number of methoxy groups -OCH3 is 2. The van der Waals surface area contributed by atoms with Crippen LogP contribution >= 0.6 is 0 Å². The number of rotatable bonds is 5. The summed E-state index contributed by atoms with van der Waals surface area (Å²) >= 11 is 0. The van der Waals surface area contributed by atoms with Gasteiger partial charge in [-0.15, -0.1) is 0 Å². The summed E-state index contributed by atoms with van der Waals surface area (Å²) in [6.07, 6.45) is 4.45. The van der Waals surface area contributed by atoms with Gasteiger partial charge in [0.1, 0.15) is 11.5 Å². The zero-order chi connectivity index (χ0) is 14.6. The molecule has 0 spiro atoms. The Balaban J connectivity index is 1.62. The molecule has 5 atom stereocenters. The minimum Gasteiger partial charge on any atom is -0.497 e. The lowest BCUT2D eigenvalue weighted by atomic mass is 9.93. The maximum Gasteiger partial charge on any atom is 0.122 e. The Labute approximate surface area is 127 Å². The molecule has 4 rings (SSSR count). The quantitative estimate of drug-likeness (QED) is 0.901. The van der Waals surface area contributed by atoms with E-state index in [1.165, 1.54) is 24.8 Å². The molecule has 3 nitrogen and oxygen atoms in total. The van der Waals surface area contributed by atoms with Crippen molar-refractivity contribution in [2.24, 2.45) is 29.6 Å². The van der Waals surface area contributed by atoms with Gasteiger partial charge in [0.15, 0.2) is 0 Å². The predicted molar refractivity (Wildman–Crippen MR) is 82.6 cm³/mol. The van der Waals surface area contributed by atoms with Crippen LogP contribution in [0, 0.1) is 29.6 Å². The Morgan fingerprint density at radius 2 is 1.57 bits per heavy atom. The molecule has 3 fully saturated rings. The smallest absolute Gasteiger partial charge is 0.122 e. The first-order chi connectivity index (χ1) is 10.3. The Kier molecular flexibility index (Phi) is 3.14. The topological polar surface area (TPSA) is 30.5 Å². The van der Waals surface area contributed by atoms with Crippen molar-refractivity contribution in [2.75, 3.05) is 21.3 Å². The molecule has 114 valence electrons. The normalized spacial score (nSPS) is 37.2. The molecule has 21 heavy (non-hydrogen) atoms. The van der Waals surface area contributed by atoms with Crippen LogP contribution in [0.25, 0.3) is 0 Å². The standard InChI is InChI=1S/C18H25NO2/c1-19-18(12-7-13(20-2)9-14(8-12)21-3)17-15-10-4-5-11(6-10)16(15)17/h7-11,15-19H,4-6H2,1-3H3. The highest BCUT2D eigenvalue weighted by molar-refractivity contribution is 5.41. The summed E-state index contributed by atoms with van der Waals surface area (Å²) in [5.41, 5.74) is 1.31. The Morgan fingerprint density at radius 3 is 2.05 bits per heavy atom. The summed E-state index contributed by atoms with van der Waals surface area (Å²) in [6, 6.07) is 6.72. The van der Waals surface area contributed by atoms with Gasteiger partial charge in [0, 0.05) is 12.1 Å². The maximum absolute atomic E-state index is 5.43. The number of fused-ring (bicyclic) bond motifs is 5. The molecule has 0 amide bonds. The molecule has 1 aromatic carbocycles. The van der Waals surface area contributed by atoms with E-state index in [1.54, 1.807) is 14.2 Å². The molecule has 0 radical (unpaired) electrons. The fourth-order valence-electron chi connectivity index (χ4n) is 5.43. The Bertz CT molecular complexity index is 506. The van der Waals surface area contributed by atoms with E-state index in [0.717, 1.165) is 41.1 Å². The largest absolute Gasteiger partial charge is 0.497 e. The maximum atomic E-state index is 5.43. The van der Waals surface area contributed by atoms with Gasteiger partial charge in [0.25, 0.3) is 0 Å². The van der Waals surface area contributed by atoms with E-state index in [9.17, 15) is 0 Å². The lowest BCUT2D eigenvalue weighted by molar-refractivity contribution is 0.374. The van der Waals surface area contributed by atoms with Crippen molar-refractivity contribution in [3.63, 3.8) is 0 Å². The van der Waals surface area contributed by atoms with Crippen molar-refractivity contribution in [3.05, 3.63) is 23.8 Å². The van der Waals surface area contributed by atoms with Crippen molar-refractivity contribution in [1.29, 1.82) is 0 Å². The molecule has 3 saturated carbocycles. The first kappa shape index (κ1) is 13.4. The molecule has 2 bridgehead atoms. The summed E-state index contributed by atoms with van der Waals surface area (Å²) in [4.78, 5) is 0. The second kappa shape index (κ2) is 4.91. The third kappa shape index (κ3) is 1.97. The minimum atomic E-state index is 0.437. The van der Waals surface area contributed by atoms with E-state index in [-0.39, 0.29) is 0 Å². The molecule has 0 aliphatic heterocycles. The van der Waals surface area contributed by atoms with Crippen LogP contribution in [-0.4, -0.2) is 21.3 Å². The summed E-state index contributed by atoms with van der Waals surface area (Å²) in [7, 11) is 5.53. The van der Waals surface area contributed by atoms with Gasteiger partial charge in [0.2, 0.25) is 0 Å². The molecule has 3 heteroatoms. The molecule has 3 aliphatic rings. The van der Waals surface area contributed by atoms with E-state index in [4.69, 9.17) is 9.47 Å². The first-order valence-corrected chi connectivity index (χ1v) is 8.17. The lowest BCUT2D eigenvalue weighted by Crippen LogP contribution is -2.22. The third-order valence-corrected chi connectivity index (χ3v) is 6.22. The van der Waals surface area contributed by atoms with Crippen LogP contribution in [0.3, 0.4) is 0 Å². The van der Waals surface area contributed by atoms with Crippen molar-refractivity contribution in [1.82, 2.24) is 5.32 Å². The third-order valence-electron chi connectivity index (χ3n) is 6.22. The zero-order valence-electron chi connectivity index (χ0n) is 13.1. The summed E-state index contributed by atoms with van der Waals surface area (Å²) in [5.74, 6) is 6.55. The average molecular weight is 287 g/mol. The van der Waals surface area contributed by atoms with Gasteiger partial charge < -0.3 is 14.8 Å². The number of hydrogen-bond acceptors (Lipinski definition) is 3. The molecule has 3 aliphatic carbocycles. The van der Waals surface area contributed by atoms with Gasteiger partial charge in [-0.2, -0.15) is 0 Å². The molecular weight excluding hydrogens is 262 g/mol. The van der Waals surface area contributed by atoms with Gasteiger partial charge >= 0.3 is 0 Å². The second-order valence-corrected chi connectivity index (χ2v) is 6.98. The molecule has 0 aromatic heterocycles. The SMILES string of the molecule is CNC(c1cc(OC)cc(OC)c1)C1C2C3CCC(C3)C21. The van der Waals surface area contributed by atoms with Crippen molar-refractivity contribution in [3.8, 4) is 11.5 Å². The highest BCUT2D eigenvalue weighted by Crippen LogP contribution is 2.72. The first-order valence-electron chi connectivity index (χ1n) is 8.17. The average Bonchev–Trinajstić information content (AvgIpc) is 2.93. The monoisotopic (exact) mass is 287 g/mol. The zero-order valence-corrected chi connectivity index (χ0v) is 13.1.